The predicted molar refractivity (Wildman–Crippen MR) is 155 cm³/mol. The first kappa shape index (κ1) is 29.9. The van der Waals surface area contributed by atoms with Gasteiger partial charge in [-0.25, -0.2) is 4.79 Å². The fraction of sp³-hybridized carbons (Fsp3) is 0.406. The van der Waals surface area contributed by atoms with E-state index in [0.29, 0.717) is 31.9 Å². The minimum Gasteiger partial charge on any atom is -0.477 e. The normalized spacial score (nSPS) is 13.7. The number of fused-ring (bicyclic) bond motifs is 1. The SMILES string of the molecule is CCOc1nc(OCc2ccccc2)ccc1C(=O)NC[C@@H](O)CN(C(=O)OC(C)(C)C)C1Cc2ccccc2C1. The van der Waals surface area contributed by atoms with Gasteiger partial charge in [0.25, 0.3) is 5.91 Å². The zero-order valence-electron chi connectivity index (χ0n) is 24.1. The standard InChI is InChI=1S/C32H39N3O6/c1-5-39-30-27(15-16-28(34-30)40-21-22-11-7-6-8-12-22)29(37)33-19-26(36)20-35(31(38)41-32(2,3)4)25-17-23-13-9-10-14-24(23)18-25/h6-16,25-26,36H,5,17-21H2,1-4H3,(H,33,37)/t26-/m1/s1. The Kier molecular flexibility index (Phi) is 9.83. The molecule has 41 heavy (non-hydrogen) atoms. The van der Waals surface area contributed by atoms with Gasteiger partial charge in [-0.05, 0) is 63.3 Å². The van der Waals surface area contributed by atoms with Gasteiger partial charge in [0.15, 0.2) is 0 Å². The molecule has 1 aromatic heterocycles. The summed E-state index contributed by atoms with van der Waals surface area (Å²) >= 11 is 0. The Morgan fingerprint density at radius 3 is 2.29 bits per heavy atom. The van der Waals surface area contributed by atoms with Crippen molar-refractivity contribution in [3.05, 3.63) is 89.0 Å². The lowest BCUT2D eigenvalue weighted by Crippen LogP contribution is -2.49. The number of aliphatic hydroxyl groups excluding tert-OH is 1. The van der Waals surface area contributed by atoms with Crippen LogP contribution in [0.4, 0.5) is 4.79 Å². The Hall–Kier alpha value is -4.11. The average Bonchev–Trinajstić information content (AvgIpc) is 3.37. The number of ether oxygens (including phenoxy) is 3. The van der Waals surface area contributed by atoms with E-state index in [0.717, 1.165) is 5.56 Å². The number of aliphatic hydroxyl groups is 1. The van der Waals surface area contributed by atoms with Crippen LogP contribution in [0.5, 0.6) is 11.8 Å². The van der Waals surface area contributed by atoms with Crippen LogP contribution in [0, 0.1) is 0 Å². The molecule has 0 saturated carbocycles. The van der Waals surface area contributed by atoms with Crippen LogP contribution in [-0.4, -0.2) is 64.4 Å². The number of hydrogen-bond donors (Lipinski definition) is 2. The van der Waals surface area contributed by atoms with Gasteiger partial charge >= 0.3 is 6.09 Å². The van der Waals surface area contributed by atoms with Gasteiger partial charge in [0.2, 0.25) is 11.8 Å². The van der Waals surface area contributed by atoms with Crippen molar-refractivity contribution in [3.8, 4) is 11.8 Å². The summed E-state index contributed by atoms with van der Waals surface area (Å²) in [6.07, 6.45) is -0.158. The maximum absolute atomic E-state index is 13.2. The lowest BCUT2D eigenvalue weighted by Gasteiger charge is -2.33. The summed E-state index contributed by atoms with van der Waals surface area (Å²) in [5.41, 5.74) is 2.90. The number of carbonyl (C=O) groups is 2. The molecular weight excluding hydrogens is 522 g/mol. The molecule has 3 aromatic rings. The second-order valence-corrected chi connectivity index (χ2v) is 11.0. The predicted octanol–water partition coefficient (Wildman–Crippen LogP) is 4.55. The van der Waals surface area contributed by atoms with E-state index >= 15 is 0 Å². The van der Waals surface area contributed by atoms with E-state index in [1.807, 2.05) is 63.2 Å². The number of carbonyl (C=O) groups excluding carboxylic acids is 2. The molecule has 2 N–H and O–H groups in total. The summed E-state index contributed by atoms with van der Waals surface area (Å²) in [5, 5.41) is 13.7. The summed E-state index contributed by atoms with van der Waals surface area (Å²) < 4.78 is 17.0. The molecule has 0 saturated heterocycles. The van der Waals surface area contributed by atoms with Gasteiger partial charge in [-0.2, -0.15) is 4.98 Å². The van der Waals surface area contributed by atoms with Crippen molar-refractivity contribution >= 4 is 12.0 Å². The third-order valence-electron chi connectivity index (χ3n) is 6.59. The highest BCUT2D eigenvalue weighted by atomic mass is 16.6. The van der Waals surface area contributed by atoms with E-state index in [2.05, 4.69) is 22.4 Å². The van der Waals surface area contributed by atoms with Crippen molar-refractivity contribution in [2.24, 2.45) is 0 Å². The molecule has 218 valence electrons. The Morgan fingerprint density at radius 1 is 1.00 bits per heavy atom. The molecular formula is C32H39N3O6. The van der Waals surface area contributed by atoms with Gasteiger partial charge in [-0.3, -0.25) is 4.79 Å². The molecule has 4 rings (SSSR count). The summed E-state index contributed by atoms with van der Waals surface area (Å²) in [4.78, 5) is 32.2. The second kappa shape index (κ2) is 13.5. The van der Waals surface area contributed by atoms with E-state index in [9.17, 15) is 14.7 Å². The van der Waals surface area contributed by atoms with Gasteiger partial charge < -0.3 is 29.5 Å². The number of hydrogen-bond acceptors (Lipinski definition) is 7. The maximum Gasteiger partial charge on any atom is 0.410 e. The molecule has 0 bridgehead atoms. The maximum atomic E-state index is 13.2. The Morgan fingerprint density at radius 2 is 1.66 bits per heavy atom. The molecule has 1 aliphatic rings. The van der Waals surface area contributed by atoms with E-state index in [4.69, 9.17) is 14.2 Å². The molecule has 0 fully saturated rings. The highest BCUT2D eigenvalue weighted by molar-refractivity contribution is 5.96. The van der Waals surface area contributed by atoms with Crippen LogP contribution in [0.2, 0.25) is 0 Å². The first-order valence-electron chi connectivity index (χ1n) is 14.0. The van der Waals surface area contributed by atoms with Gasteiger partial charge in [0, 0.05) is 18.7 Å². The molecule has 0 radical (unpaired) electrons. The fourth-order valence-electron chi connectivity index (χ4n) is 4.70. The average molecular weight is 562 g/mol. The number of nitrogens with zero attached hydrogens (tertiary/aromatic N) is 2. The van der Waals surface area contributed by atoms with E-state index in [1.54, 1.807) is 24.0 Å². The molecule has 1 aliphatic carbocycles. The number of pyridine rings is 1. The number of nitrogens with one attached hydrogen (secondary N) is 1. The van der Waals surface area contributed by atoms with Crippen LogP contribution in [-0.2, 0) is 24.2 Å². The van der Waals surface area contributed by atoms with Gasteiger partial charge in [-0.15, -0.1) is 0 Å². The summed E-state index contributed by atoms with van der Waals surface area (Å²) in [6.45, 7) is 7.81. The smallest absolute Gasteiger partial charge is 0.410 e. The molecule has 9 heteroatoms. The summed E-state index contributed by atoms with van der Waals surface area (Å²) in [5.74, 6) is 0.0234. The third kappa shape index (κ3) is 8.44. The Labute approximate surface area is 241 Å². The van der Waals surface area contributed by atoms with Crippen LogP contribution in [0.3, 0.4) is 0 Å². The van der Waals surface area contributed by atoms with Crippen molar-refractivity contribution in [2.45, 2.75) is 64.9 Å². The van der Waals surface area contributed by atoms with Crippen LogP contribution in [0.15, 0.2) is 66.7 Å². The van der Waals surface area contributed by atoms with Crippen LogP contribution < -0.4 is 14.8 Å². The first-order valence-corrected chi connectivity index (χ1v) is 14.0. The number of benzene rings is 2. The van der Waals surface area contributed by atoms with E-state index < -0.39 is 23.7 Å². The van der Waals surface area contributed by atoms with Gasteiger partial charge in [0.1, 0.15) is 17.8 Å². The highest BCUT2D eigenvalue weighted by Gasteiger charge is 2.34. The van der Waals surface area contributed by atoms with E-state index in [1.165, 1.54) is 11.1 Å². The van der Waals surface area contributed by atoms with Gasteiger partial charge in [-0.1, -0.05) is 54.6 Å². The third-order valence-corrected chi connectivity index (χ3v) is 6.59. The van der Waals surface area contributed by atoms with Crippen molar-refractivity contribution < 1.29 is 28.9 Å². The Bertz CT molecular complexity index is 1300. The molecule has 1 heterocycles. The minimum absolute atomic E-state index is 0.0106. The molecule has 9 nitrogen and oxygen atoms in total. The second-order valence-electron chi connectivity index (χ2n) is 11.0. The topological polar surface area (TPSA) is 110 Å². The monoisotopic (exact) mass is 561 g/mol. The zero-order chi connectivity index (χ0) is 29.4. The summed E-state index contributed by atoms with van der Waals surface area (Å²) in [7, 11) is 0. The van der Waals surface area contributed by atoms with Crippen molar-refractivity contribution in [2.75, 3.05) is 19.7 Å². The molecule has 0 unspecified atom stereocenters. The number of rotatable bonds is 11. The van der Waals surface area contributed by atoms with Crippen molar-refractivity contribution in [1.82, 2.24) is 15.2 Å². The van der Waals surface area contributed by atoms with Crippen LogP contribution >= 0.6 is 0 Å². The van der Waals surface area contributed by atoms with Crippen molar-refractivity contribution in [1.29, 1.82) is 0 Å². The summed E-state index contributed by atoms with van der Waals surface area (Å²) in [6, 6.07) is 20.8. The fourth-order valence-corrected chi connectivity index (χ4v) is 4.70. The largest absolute Gasteiger partial charge is 0.477 e. The molecule has 0 spiro atoms. The highest BCUT2D eigenvalue weighted by Crippen LogP contribution is 2.27. The quantitative estimate of drug-likeness (QED) is 0.353. The molecule has 2 aromatic carbocycles. The molecule has 2 amide bonds. The number of aromatic nitrogens is 1. The van der Waals surface area contributed by atoms with Crippen LogP contribution in [0.1, 0.15) is 54.7 Å². The number of amides is 2. The lowest BCUT2D eigenvalue weighted by atomic mass is 10.1. The minimum atomic E-state index is -1.02. The van der Waals surface area contributed by atoms with Gasteiger partial charge in [0.05, 0.1) is 19.3 Å². The lowest BCUT2D eigenvalue weighted by molar-refractivity contribution is 0.00509. The van der Waals surface area contributed by atoms with Crippen molar-refractivity contribution in [3.63, 3.8) is 0 Å². The first-order chi connectivity index (χ1) is 19.6. The molecule has 0 aliphatic heterocycles. The molecule has 1 atom stereocenters. The zero-order valence-corrected chi connectivity index (χ0v) is 24.1. The Balaban J connectivity index is 1.38. The van der Waals surface area contributed by atoms with Crippen LogP contribution in [0.25, 0.3) is 0 Å². The van der Waals surface area contributed by atoms with E-state index in [-0.39, 0.29) is 30.6 Å².